The number of benzene rings is 1. The topological polar surface area (TPSA) is 46.2 Å². The van der Waals surface area contributed by atoms with Crippen molar-refractivity contribution in [1.29, 1.82) is 0 Å². The van der Waals surface area contributed by atoms with Gasteiger partial charge in [0.1, 0.15) is 0 Å². The first-order chi connectivity index (χ1) is 7.46. The fraction of sp³-hybridized carbons (Fsp3) is 0.500. The lowest BCUT2D eigenvalue weighted by molar-refractivity contribution is 0.493. The normalized spacial score (nSPS) is 27.4. The van der Waals surface area contributed by atoms with E-state index >= 15 is 0 Å². The van der Waals surface area contributed by atoms with Gasteiger partial charge in [-0.05, 0) is 38.9 Å². The second-order valence-electron chi connectivity index (χ2n) is 4.47. The highest BCUT2D eigenvalue weighted by molar-refractivity contribution is 7.92. The molecule has 0 aromatic heterocycles. The summed E-state index contributed by atoms with van der Waals surface area (Å²) < 4.78 is 24.3. The van der Waals surface area contributed by atoms with E-state index in [1.165, 1.54) is 0 Å². The molecule has 0 bridgehead atoms. The van der Waals surface area contributed by atoms with E-state index in [0.29, 0.717) is 11.3 Å². The summed E-state index contributed by atoms with van der Waals surface area (Å²) in [6.45, 7) is 3.76. The average molecular weight is 239 g/mol. The number of hydrogen-bond acceptors (Lipinski definition) is 3. The fourth-order valence-electron chi connectivity index (χ4n) is 2.27. The molecule has 88 valence electrons. The number of nitrogens with one attached hydrogen (secondary N) is 1. The van der Waals surface area contributed by atoms with Crippen LogP contribution in [-0.4, -0.2) is 20.7 Å². The number of aryl methyl sites for hydroxylation is 1. The standard InChI is InChI=1S/C12H17NO2S/c1-8-4-5-12-10(6-8)11(13-3)7-9(2)16(12,14)15/h4-6,9,11,13H,7H2,1-3H3. The number of fused-ring (bicyclic) bond motifs is 1. The van der Waals surface area contributed by atoms with Gasteiger partial charge in [-0.2, -0.15) is 0 Å². The highest BCUT2D eigenvalue weighted by Gasteiger charge is 2.35. The smallest absolute Gasteiger partial charge is 0.181 e. The van der Waals surface area contributed by atoms with E-state index in [1.807, 2.05) is 26.1 Å². The predicted octanol–water partition coefficient (Wildman–Crippen LogP) is 1.82. The van der Waals surface area contributed by atoms with E-state index in [0.717, 1.165) is 11.1 Å². The van der Waals surface area contributed by atoms with Crippen molar-refractivity contribution in [1.82, 2.24) is 5.32 Å². The second kappa shape index (κ2) is 3.86. The Labute approximate surface area is 96.8 Å². The summed E-state index contributed by atoms with van der Waals surface area (Å²) in [4.78, 5) is 0.496. The largest absolute Gasteiger partial charge is 0.313 e. The van der Waals surface area contributed by atoms with Crippen molar-refractivity contribution in [3.63, 3.8) is 0 Å². The van der Waals surface area contributed by atoms with Crippen LogP contribution in [0.4, 0.5) is 0 Å². The molecule has 0 saturated heterocycles. The molecule has 0 fully saturated rings. The summed E-state index contributed by atoms with van der Waals surface area (Å²) in [7, 11) is -1.24. The minimum Gasteiger partial charge on any atom is -0.313 e. The van der Waals surface area contributed by atoms with Gasteiger partial charge in [0.15, 0.2) is 9.84 Å². The zero-order valence-corrected chi connectivity index (χ0v) is 10.6. The van der Waals surface area contributed by atoms with E-state index in [-0.39, 0.29) is 11.3 Å². The number of rotatable bonds is 1. The molecule has 2 atom stereocenters. The monoisotopic (exact) mass is 239 g/mol. The summed E-state index contributed by atoms with van der Waals surface area (Å²) in [5.41, 5.74) is 2.02. The lowest BCUT2D eigenvalue weighted by Crippen LogP contribution is -2.33. The quantitative estimate of drug-likeness (QED) is 0.813. The van der Waals surface area contributed by atoms with Crippen LogP contribution in [0.3, 0.4) is 0 Å². The van der Waals surface area contributed by atoms with Crippen molar-refractivity contribution >= 4 is 9.84 Å². The van der Waals surface area contributed by atoms with Crippen molar-refractivity contribution in [3.05, 3.63) is 29.3 Å². The third-order valence-electron chi connectivity index (χ3n) is 3.29. The first-order valence-corrected chi connectivity index (χ1v) is 7.03. The van der Waals surface area contributed by atoms with Crippen LogP contribution in [0, 0.1) is 6.92 Å². The minimum atomic E-state index is -3.12. The summed E-state index contributed by atoms with van der Waals surface area (Å²) in [5.74, 6) is 0. The van der Waals surface area contributed by atoms with Crippen LogP contribution in [0.25, 0.3) is 0 Å². The Morgan fingerprint density at radius 3 is 2.69 bits per heavy atom. The Bertz CT molecular complexity index is 508. The number of hydrogen-bond donors (Lipinski definition) is 1. The molecule has 0 aliphatic carbocycles. The van der Waals surface area contributed by atoms with Crippen molar-refractivity contribution < 1.29 is 8.42 Å². The zero-order chi connectivity index (χ0) is 11.9. The zero-order valence-electron chi connectivity index (χ0n) is 9.82. The molecule has 16 heavy (non-hydrogen) atoms. The van der Waals surface area contributed by atoms with Crippen LogP contribution in [0.1, 0.15) is 30.5 Å². The van der Waals surface area contributed by atoms with Crippen molar-refractivity contribution in [3.8, 4) is 0 Å². The second-order valence-corrected chi connectivity index (χ2v) is 6.81. The molecule has 0 amide bonds. The van der Waals surface area contributed by atoms with E-state index in [1.54, 1.807) is 13.0 Å². The van der Waals surface area contributed by atoms with Gasteiger partial charge in [-0.15, -0.1) is 0 Å². The summed E-state index contributed by atoms with van der Waals surface area (Å²) >= 11 is 0. The first-order valence-electron chi connectivity index (χ1n) is 5.48. The van der Waals surface area contributed by atoms with Gasteiger partial charge in [0, 0.05) is 6.04 Å². The minimum absolute atomic E-state index is 0.147. The van der Waals surface area contributed by atoms with Crippen molar-refractivity contribution in [2.45, 2.75) is 36.5 Å². The molecule has 1 N–H and O–H groups in total. The van der Waals surface area contributed by atoms with E-state index in [2.05, 4.69) is 5.32 Å². The molecule has 2 unspecified atom stereocenters. The van der Waals surface area contributed by atoms with E-state index in [9.17, 15) is 8.42 Å². The van der Waals surface area contributed by atoms with E-state index in [4.69, 9.17) is 0 Å². The SMILES string of the molecule is CNC1CC(C)S(=O)(=O)c2ccc(C)cc21. The highest BCUT2D eigenvalue weighted by Crippen LogP contribution is 2.36. The molecule has 1 heterocycles. The Morgan fingerprint density at radius 2 is 2.06 bits per heavy atom. The lowest BCUT2D eigenvalue weighted by Gasteiger charge is -2.29. The van der Waals surface area contributed by atoms with Crippen LogP contribution in [-0.2, 0) is 9.84 Å². The third kappa shape index (κ3) is 1.66. The van der Waals surface area contributed by atoms with Gasteiger partial charge in [0.05, 0.1) is 10.1 Å². The summed E-state index contributed by atoms with van der Waals surface area (Å²) in [6.07, 6.45) is 0.648. The predicted molar refractivity (Wildman–Crippen MR) is 64.2 cm³/mol. The van der Waals surface area contributed by atoms with Gasteiger partial charge in [-0.25, -0.2) is 8.42 Å². The molecule has 1 aliphatic rings. The molecule has 1 aliphatic heterocycles. The maximum Gasteiger partial charge on any atom is 0.181 e. The maximum atomic E-state index is 12.1. The third-order valence-corrected chi connectivity index (χ3v) is 5.53. The average Bonchev–Trinajstić information content (AvgIpc) is 2.23. The first kappa shape index (κ1) is 11.6. The molecule has 0 radical (unpaired) electrons. The van der Waals surface area contributed by atoms with Crippen molar-refractivity contribution in [2.24, 2.45) is 0 Å². The molecule has 2 rings (SSSR count). The molecule has 1 aromatic carbocycles. The van der Waals surface area contributed by atoms with Gasteiger partial charge in [0.25, 0.3) is 0 Å². The van der Waals surface area contributed by atoms with Crippen molar-refractivity contribution in [2.75, 3.05) is 7.05 Å². The van der Waals surface area contributed by atoms with Gasteiger partial charge < -0.3 is 5.32 Å². The van der Waals surface area contributed by atoms with Gasteiger partial charge >= 0.3 is 0 Å². The molecular weight excluding hydrogens is 222 g/mol. The molecule has 0 saturated carbocycles. The Hall–Kier alpha value is -0.870. The van der Waals surface area contributed by atoms with Crippen LogP contribution in [0.5, 0.6) is 0 Å². The molecule has 4 heteroatoms. The fourth-order valence-corrected chi connectivity index (χ4v) is 3.94. The van der Waals surface area contributed by atoms with Gasteiger partial charge in [-0.3, -0.25) is 0 Å². The molecule has 3 nitrogen and oxygen atoms in total. The lowest BCUT2D eigenvalue weighted by atomic mass is 10.00. The van der Waals surface area contributed by atoms with Crippen LogP contribution in [0.15, 0.2) is 23.1 Å². The number of sulfone groups is 1. The van der Waals surface area contributed by atoms with Gasteiger partial charge in [-0.1, -0.05) is 17.7 Å². The van der Waals surface area contributed by atoms with Crippen LogP contribution < -0.4 is 5.32 Å². The summed E-state index contributed by atoms with van der Waals surface area (Å²) in [5, 5.41) is 2.89. The van der Waals surface area contributed by atoms with Crippen LogP contribution in [0.2, 0.25) is 0 Å². The molecule has 1 aromatic rings. The Morgan fingerprint density at radius 1 is 1.38 bits per heavy atom. The Kier molecular flexibility index (Phi) is 2.80. The van der Waals surface area contributed by atoms with Gasteiger partial charge in [0.2, 0.25) is 0 Å². The summed E-state index contributed by atoms with van der Waals surface area (Å²) in [6, 6.07) is 5.72. The molecule has 0 spiro atoms. The van der Waals surface area contributed by atoms with E-state index < -0.39 is 9.84 Å². The maximum absolute atomic E-state index is 12.1. The molecular formula is C12H17NO2S. The van der Waals surface area contributed by atoms with Crippen LogP contribution >= 0.6 is 0 Å². The Balaban J connectivity index is 2.67. The highest BCUT2D eigenvalue weighted by atomic mass is 32.2.